The van der Waals surface area contributed by atoms with Gasteiger partial charge in [0.15, 0.2) is 0 Å². The monoisotopic (exact) mass is 261 g/mol. The van der Waals surface area contributed by atoms with Gasteiger partial charge in [-0.05, 0) is 19.9 Å². The molecular formula is C10H13Cl2N3O. The Labute approximate surface area is 104 Å². The Kier molecular flexibility index (Phi) is 4.83. The molecule has 0 spiro atoms. The van der Waals surface area contributed by atoms with Crippen LogP contribution in [0.25, 0.3) is 0 Å². The zero-order valence-electron chi connectivity index (χ0n) is 9.05. The molecule has 4 nitrogen and oxygen atoms in total. The van der Waals surface area contributed by atoms with Crippen LogP contribution in [0.4, 0.5) is 5.82 Å². The molecule has 2 N–H and O–H groups in total. The summed E-state index contributed by atoms with van der Waals surface area (Å²) in [5.74, 6) is 0.347. The smallest absolute Gasteiger partial charge is 0.242 e. The van der Waals surface area contributed by atoms with E-state index in [0.717, 1.165) is 0 Å². The molecule has 0 aliphatic heterocycles. The van der Waals surface area contributed by atoms with E-state index in [1.54, 1.807) is 13.0 Å². The van der Waals surface area contributed by atoms with E-state index in [4.69, 9.17) is 23.2 Å². The van der Waals surface area contributed by atoms with Gasteiger partial charge in [0.25, 0.3) is 0 Å². The minimum Gasteiger partial charge on any atom is -0.357 e. The number of aromatic nitrogens is 1. The molecule has 88 valence electrons. The van der Waals surface area contributed by atoms with Gasteiger partial charge in [-0.25, -0.2) is 4.98 Å². The third kappa shape index (κ3) is 3.54. The molecule has 0 aliphatic rings. The van der Waals surface area contributed by atoms with E-state index in [2.05, 4.69) is 15.6 Å². The lowest BCUT2D eigenvalue weighted by atomic mass is 10.3. The molecule has 0 saturated heterocycles. The molecule has 1 rings (SSSR count). The van der Waals surface area contributed by atoms with Crippen LogP contribution in [0.2, 0.25) is 10.0 Å². The van der Waals surface area contributed by atoms with Crippen molar-refractivity contribution in [1.29, 1.82) is 0 Å². The summed E-state index contributed by atoms with van der Waals surface area (Å²) in [6.45, 7) is 4.18. The van der Waals surface area contributed by atoms with Crippen LogP contribution in [0, 0.1) is 0 Å². The van der Waals surface area contributed by atoms with Crippen LogP contribution in [0.5, 0.6) is 0 Å². The fourth-order valence-corrected chi connectivity index (χ4v) is 1.55. The molecule has 0 radical (unpaired) electrons. The number of nitrogens with one attached hydrogen (secondary N) is 2. The number of carbonyl (C=O) groups excluding carboxylic acids is 1. The quantitative estimate of drug-likeness (QED) is 0.875. The average Bonchev–Trinajstić information content (AvgIpc) is 2.22. The van der Waals surface area contributed by atoms with E-state index >= 15 is 0 Å². The number of hydrogen-bond donors (Lipinski definition) is 2. The van der Waals surface area contributed by atoms with Crippen molar-refractivity contribution in [1.82, 2.24) is 10.3 Å². The van der Waals surface area contributed by atoms with Crippen LogP contribution in [0.1, 0.15) is 13.8 Å². The van der Waals surface area contributed by atoms with Crippen molar-refractivity contribution in [3.63, 3.8) is 0 Å². The highest BCUT2D eigenvalue weighted by Gasteiger charge is 2.13. The number of amides is 1. The van der Waals surface area contributed by atoms with E-state index in [9.17, 15) is 4.79 Å². The predicted octanol–water partition coefficient (Wildman–Crippen LogP) is 2.32. The second-order valence-electron chi connectivity index (χ2n) is 3.24. The summed E-state index contributed by atoms with van der Waals surface area (Å²) < 4.78 is 0. The van der Waals surface area contributed by atoms with Crippen molar-refractivity contribution >= 4 is 34.9 Å². The first kappa shape index (κ1) is 13.1. The van der Waals surface area contributed by atoms with E-state index < -0.39 is 6.04 Å². The highest BCUT2D eigenvalue weighted by atomic mass is 35.5. The molecule has 1 unspecified atom stereocenters. The number of halogens is 2. The van der Waals surface area contributed by atoms with Crippen molar-refractivity contribution in [3.8, 4) is 0 Å². The Hall–Kier alpha value is -1.000. The number of likely N-dealkylation sites (N-methyl/N-ethyl adjacent to an activating group) is 1. The number of pyridine rings is 1. The van der Waals surface area contributed by atoms with Gasteiger partial charge in [0, 0.05) is 12.7 Å². The first-order valence-electron chi connectivity index (χ1n) is 4.90. The lowest BCUT2D eigenvalue weighted by molar-refractivity contribution is -0.121. The number of anilines is 1. The van der Waals surface area contributed by atoms with Crippen molar-refractivity contribution < 1.29 is 4.79 Å². The first-order valence-corrected chi connectivity index (χ1v) is 5.65. The van der Waals surface area contributed by atoms with Crippen LogP contribution in [0.15, 0.2) is 12.3 Å². The van der Waals surface area contributed by atoms with Gasteiger partial charge in [-0.1, -0.05) is 23.2 Å². The van der Waals surface area contributed by atoms with E-state index in [1.807, 2.05) is 6.92 Å². The van der Waals surface area contributed by atoms with Crippen LogP contribution in [-0.2, 0) is 4.79 Å². The summed E-state index contributed by atoms with van der Waals surface area (Å²) in [4.78, 5) is 15.5. The highest BCUT2D eigenvalue weighted by molar-refractivity contribution is 6.36. The molecule has 1 amide bonds. The molecule has 0 bridgehead atoms. The third-order valence-electron chi connectivity index (χ3n) is 1.91. The molecule has 16 heavy (non-hydrogen) atoms. The van der Waals surface area contributed by atoms with Gasteiger partial charge >= 0.3 is 0 Å². The van der Waals surface area contributed by atoms with Crippen molar-refractivity contribution in [2.45, 2.75) is 19.9 Å². The average molecular weight is 262 g/mol. The van der Waals surface area contributed by atoms with Crippen molar-refractivity contribution in [2.75, 3.05) is 11.9 Å². The summed E-state index contributed by atoms with van der Waals surface area (Å²) in [6, 6.07) is 1.18. The van der Waals surface area contributed by atoms with Gasteiger partial charge < -0.3 is 10.6 Å². The van der Waals surface area contributed by atoms with Gasteiger partial charge in [0.2, 0.25) is 5.91 Å². The Morgan fingerprint density at radius 3 is 2.81 bits per heavy atom. The van der Waals surface area contributed by atoms with Crippen LogP contribution in [-0.4, -0.2) is 23.5 Å². The van der Waals surface area contributed by atoms with Crippen LogP contribution in [0.3, 0.4) is 0 Å². The minimum absolute atomic E-state index is 0.102. The molecule has 0 saturated carbocycles. The maximum Gasteiger partial charge on any atom is 0.242 e. The Balaban J connectivity index is 2.69. The van der Waals surface area contributed by atoms with E-state index in [1.165, 1.54) is 6.20 Å². The molecule has 1 aromatic rings. The second kappa shape index (κ2) is 5.92. The Morgan fingerprint density at radius 2 is 2.25 bits per heavy atom. The molecule has 6 heteroatoms. The van der Waals surface area contributed by atoms with Crippen LogP contribution >= 0.6 is 23.2 Å². The summed E-state index contributed by atoms with van der Waals surface area (Å²) in [6.07, 6.45) is 1.47. The standard InChI is InChI=1S/C10H13Cl2N3O/c1-3-13-10(16)6(2)15-9-8(12)4-7(11)5-14-9/h4-6H,3H2,1-2H3,(H,13,16)(H,14,15). The zero-order chi connectivity index (χ0) is 12.1. The Bertz CT molecular complexity index is 384. The second-order valence-corrected chi connectivity index (χ2v) is 4.09. The van der Waals surface area contributed by atoms with Gasteiger partial charge in [0.1, 0.15) is 11.9 Å². The summed E-state index contributed by atoms with van der Waals surface area (Å²) in [5, 5.41) is 6.46. The molecule has 1 heterocycles. The van der Waals surface area contributed by atoms with Gasteiger partial charge in [-0.15, -0.1) is 0 Å². The topological polar surface area (TPSA) is 54.0 Å². The molecule has 0 aromatic carbocycles. The fraction of sp³-hybridized carbons (Fsp3) is 0.400. The van der Waals surface area contributed by atoms with Gasteiger partial charge in [0.05, 0.1) is 10.0 Å². The first-order chi connectivity index (χ1) is 7.54. The van der Waals surface area contributed by atoms with Crippen LogP contribution < -0.4 is 10.6 Å². The molecule has 1 aromatic heterocycles. The maximum atomic E-state index is 11.5. The van der Waals surface area contributed by atoms with Gasteiger partial charge in [-0.3, -0.25) is 4.79 Å². The maximum absolute atomic E-state index is 11.5. The molecular weight excluding hydrogens is 249 g/mol. The Morgan fingerprint density at radius 1 is 1.56 bits per heavy atom. The summed E-state index contributed by atoms with van der Waals surface area (Å²) in [5.41, 5.74) is 0. The number of carbonyl (C=O) groups is 1. The summed E-state index contributed by atoms with van der Waals surface area (Å²) >= 11 is 11.6. The number of nitrogens with zero attached hydrogens (tertiary/aromatic N) is 1. The number of hydrogen-bond acceptors (Lipinski definition) is 3. The van der Waals surface area contributed by atoms with E-state index in [0.29, 0.717) is 22.4 Å². The molecule has 1 atom stereocenters. The third-order valence-corrected chi connectivity index (χ3v) is 2.40. The largest absolute Gasteiger partial charge is 0.357 e. The normalized spacial score (nSPS) is 12.0. The zero-order valence-corrected chi connectivity index (χ0v) is 10.6. The number of rotatable bonds is 4. The van der Waals surface area contributed by atoms with Gasteiger partial charge in [-0.2, -0.15) is 0 Å². The van der Waals surface area contributed by atoms with E-state index in [-0.39, 0.29) is 5.91 Å². The lowest BCUT2D eigenvalue weighted by Gasteiger charge is -2.14. The van der Waals surface area contributed by atoms with Crippen molar-refractivity contribution in [2.24, 2.45) is 0 Å². The predicted molar refractivity (Wildman–Crippen MR) is 66.0 cm³/mol. The summed E-state index contributed by atoms with van der Waals surface area (Å²) in [7, 11) is 0. The lowest BCUT2D eigenvalue weighted by Crippen LogP contribution is -2.37. The minimum atomic E-state index is -0.397. The molecule has 0 aliphatic carbocycles. The molecule has 0 fully saturated rings. The van der Waals surface area contributed by atoms with Crippen molar-refractivity contribution in [3.05, 3.63) is 22.3 Å². The fourth-order valence-electron chi connectivity index (χ4n) is 1.12. The SMILES string of the molecule is CCNC(=O)C(C)Nc1ncc(Cl)cc1Cl. The highest BCUT2D eigenvalue weighted by Crippen LogP contribution is 2.22.